The number of benzene rings is 16. The molecule has 7 nitrogen and oxygen atoms in total. The molecule has 0 aliphatic carbocycles. The van der Waals surface area contributed by atoms with Crippen LogP contribution in [0.15, 0.2) is 419 Å². The maximum atomic E-state index is 5.61. The van der Waals surface area contributed by atoms with Gasteiger partial charge in [0, 0.05) is 91.8 Å². The molecule has 118 heavy (non-hydrogen) atoms. The Kier molecular flexibility index (Phi) is 18.6. The van der Waals surface area contributed by atoms with E-state index in [2.05, 4.69) is 346 Å². The van der Waals surface area contributed by atoms with Crippen LogP contribution in [0.25, 0.3) is 219 Å². The third kappa shape index (κ3) is 13.8. The van der Waals surface area contributed by atoms with Gasteiger partial charge in [-0.25, -0.2) is 34.9 Å². The molecule has 0 fully saturated rings. The van der Waals surface area contributed by atoms with Crippen molar-refractivity contribution in [3.8, 4) is 157 Å². The molecule has 552 valence electrons. The van der Waals surface area contributed by atoms with Crippen LogP contribution in [0.4, 0.5) is 0 Å². The summed E-state index contributed by atoms with van der Waals surface area (Å²) in [6.45, 7) is 0. The molecule has 0 saturated carbocycles. The van der Waals surface area contributed by atoms with Crippen molar-refractivity contribution in [1.82, 2.24) is 34.9 Å². The fraction of sp³-hybridized carbons (Fsp3) is 0. The summed E-state index contributed by atoms with van der Waals surface area (Å²) in [7, 11) is 0. The average Bonchev–Trinajstić information content (AvgIpc) is 1.57. The highest BCUT2D eigenvalue weighted by Crippen LogP contribution is 2.48. The van der Waals surface area contributed by atoms with Crippen LogP contribution in [-0.2, 0) is 0 Å². The normalized spacial score (nSPS) is 11.4. The number of para-hydroxylation sites is 2. The van der Waals surface area contributed by atoms with Gasteiger partial charge in [-0.3, -0.25) is 0 Å². The fourth-order valence-corrected chi connectivity index (χ4v) is 18.6. The molecule has 0 atom stereocenters. The van der Waals surface area contributed by atoms with Crippen LogP contribution in [0.1, 0.15) is 0 Å². The molecule has 22 rings (SSSR count). The number of thiophene rings is 2. The lowest BCUT2D eigenvalue weighted by atomic mass is 9.95. The van der Waals surface area contributed by atoms with Crippen molar-refractivity contribution < 1.29 is 0 Å². The lowest BCUT2D eigenvalue weighted by molar-refractivity contribution is 1.07. The predicted octanol–water partition coefficient (Wildman–Crippen LogP) is 29.5. The van der Waals surface area contributed by atoms with E-state index in [1.165, 1.54) is 73.5 Å². The van der Waals surface area contributed by atoms with E-state index in [4.69, 9.17) is 34.9 Å². The first-order chi connectivity index (χ1) is 58.4. The van der Waals surface area contributed by atoms with Crippen molar-refractivity contribution in [2.75, 3.05) is 0 Å². The van der Waals surface area contributed by atoms with Crippen LogP contribution in [0.3, 0.4) is 0 Å². The minimum atomic E-state index is 0.628. The van der Waals surface area contributed by atoms with Crippen molar-refractivity contribution in [3.05, 3.63) is 419 Å². The number of nitrogens with zero attached hydrogens (tertiary/aromatic N) is 7. The third-order valence-electron chi connectivity index (χ3n) is 22.0. The topological polar surface area (TPSA) is 90.2 Å². The second-order valence-corrected chi connectivity index (χ2v) is 31.5. The zero-order chi connectivity index (χ0) is 78.2. The molecule has 0 aliphatic heterocycles. The van der Waals surface area contributed by atoms with Crippen LogP contribution in [0.2, 0.25) is 0 Å². The van der Waals surface area contributed by atoms with Gasteiger partial charge in [-0.1, -0.05) is 370 Å². The number of pyridine rings is 2. The third-order valence-corrected chi connectivity index (χ3v) is 24.4. The minimum Gasteiger partial charge on any atom is -0.246 e. The molecular weight excluding hydrogens is 1470 g/mol. The fourth-order valence-electron chi connectivity index (χ4n) is 16.1. The summed E-state index contributed by atoms with van der Waals surface area (Å²) in [6.07, 6.45) is 0. The quantitative estimate of drug-likeness (QED) is 0.107. The Morgan fingerprint density at radius 1 is 0.169 bits per heavy atom. The van der Waals surface area contributed by atoms with Crippen LogP contribution in [0.5, 0.6) is 0 Å². The molecule has 0 N–H and O–H groups in total. The molecule has 22 aromatic rings. The van der Waals surface area contributed by atoms with E-state index >= 15 is 0 Å². The number of rotatable bonds is 14. The van der Waals surface area contributed by atoms with Gasteiger partial charge in [-0.2, -0.15) is 0 Å². The van der Waals surface area contributed by atoms with Crippen LogP contribution in [0, 0.1) is 0 Å². The molecular formula is C109H69N7S2. The summed E-state index contributed by atoms with van der Waals surface area (Å²) < 4.78 is 4.93. The molecule has 6 heterocycles. The molecule has 0 saturated heterocycles. The molecule has 9 heteroatoms. The minimum absolute atomic E-state index is 0.628. The molecule has 0 unspecified atom stereocenters. The average molecular weight is 1540 g/mol. The Labute approximate surface area is 690 Å². The second kappa shape index (κ2) is 31.0. The summed E-state index contributed by atoms with van der Waals surface area (Å²) in [5.74, 6) is 2.60. The lowest BCUT2D eigenvalue weighted by Gasteiger charge is -2.13. The van der Waals surface area contributed by atoms with Gasteiger partial charge in [0.1, 0.15) is 0 Å². The van der Waals surface area contributed by atoms with Gasteiger partial charge in [0.15, 0.2) is 23.3 Å². The Balaban J connectivity index is 0.000000147. The van der Waals surface area contributed by atoms with Crippen LogP contribution in [-0.4, -0.2) is 34.9 Å². The Morgan fingerprint density at radius 2 is 0.466 bits per heavy atom. The van der Waals surface area contributed by atoms with E-state index in [-0.39, 0.29) is 0 Å². The number of hydrogen-bond acceptors (Lipinski definition) is 9. The number of hydrogen-bond donors (Lipinski definition) is 0. The van der Waals surface area contributed by atoms with Gasteiger partial charge in [0.25, 0.3) is 0 Å². The summed E-state index contributed by atoms with van der Waals surface area (Å²) in [4.78, 5) is 36.1. The van der Waals surface area contributed by atoms with Crippen LogP contribution >= 0.6 is 22.7 Å². The maximum Gasteiger partial charge on any atom is 0.164 e. The Bertz CT molecular complexity index is 7350. The van der Waals surface area contributed by atoms with Gasteiger partial charge in [-0.15, -0.1) is 22.7 Å². The van der Waals surface area contributed by atoms with Crippen molar-refractivity contribution in [2.24, 2.45) is 0 Å². The van der Waals surface area contributed by atoms with Crippen molar-refractivity contribution in [1.29, 1.82) is 0 Å². The molecule has 0 bridgehead atoms. The molecule has 0 spiro atoms. The lowest BCUT2D eigenvalue weighted by Crippen LogP contribution is -2.00. The summed E-state index contributed by atoms with van der Waals surface area (Å²) in [5.41, 5.74) is 27.5. The maximum absolute atomic E-state index is 5.61. The zero-order valence-electron chi connectivity index (χ0n) is 63.8. The van der Waals surface area contributed by atoms with E-state index in [1.807, 2.05) is 95.5 Å². The second-order valence-electron chi connectivity index (χ2n) is 29.4. The van der Waals surface area contributed by atoms with Crippen molar-refractivity contribution in [3.63, 3.8) is 0 Å². The van der Waals surface area contributed by atoms with E-state index in [0.717, 1.165) is 123 Å². The number of aromatic nitrogens is 7. The zero-order valence-corrected chi connectivity index (χ0v) is 65.4. The van der Waals surface area contributed by atoms with E-state index in [0.29, 0.717) is 23.3 Å². The van der Waals surface area contributed by atoms with Gasteiger partial charge in [0.2, 0.25) is 0 Å². The first kappa shape index (κ1) is 70.7. The Hall–Kier alpha value is -15.1. The highest BCUT2D eigenvalue weighted by molar-refractivity contribution is 7.27. The predicted molar refractivity (Wildman–Crippen MR) is 494 cm³/mol. The van der Waals surface area contributed by atoms with Gasteiger partial charge >= 0.3 is 0 Å². The monoisotopic (exact) mass is 1540 g/mol. The summed E-state index contributed by atoms with van der Waals surface area (Å²) in [6, 6.07) is 147. The Morgan fingerprint density at radius 3 is 0.966 bits per heavy atom. The van der Waals surface area contributed by atoms with Gasteiger partial charge in [0.05, 0.1) is 43.2 Å². The highest BCUT2D eigenvalue weighted by Gasteiger charge is 2.23. The van der Waals surface area contributed by atoms with Crippen LogP contribution < -0.4 is 0 Å². The number of fused-ring (bicyclic) bond motifs is 10. The first-order valence-electron chi connectivity index (χ1n) is 39.6. The van der Waals surface area contributed by atoms with Crippen molar-refractivity contribution in [2.45, 2.75) is 0 Å². The smallest absolute Gasteiger partial charge is 0.164 e. The SMILES string of the molecule is c1ccc(-c2ccc(-c3cc(-c4ccc(-c5cccc(-c6nc7ccccc7c7c6sc6ccccc67)c5)cc4)nc(-c4ccc(-c5ccccc5)cc4)n3)cc2)cc1.c1ccc(-c2cccc(-c3cccc4c3nc(-c3cccc(-c5cccc(-c6nc(-c7ccccc7)nc(-c7ccccc7)n6)c5)c3)c3sc5ccccc5c34)c2)cc1. The molecule has 6 aromatic heterocycles. The highest BCUT2D eigenvalue weighted by atomic mass is 32.1. The standard InChI is InChI=1S/C55H35N3S.C54H34N4S/c1-3-12-36(13-4-1)38-22-28-41(29-23-38)49-35-50(58-55(57-49)43-32-26-39(27-33-43)37-14-5-2-6-15-37)42-30-24-40(25-31-42)44-16-11-17-45(34-44)53-54-52(46-18-7-9-20-48(46)56-53)47-19-8-10-21-51(47)59-54;1-4-16-35(17-5-1)38-22-12-25-41(32-38)44-29-15-30-46-48-45-28-10-11-31-47(45)59-51(48)49(55-50(44)46)42-26-13-23-39(33-42)40-24-14-27-43(34-40)54-57-52(36-18-6-2-7-19-36)56-53(58-54)37-20-8-3-9-21-37/h1-35H;1-34H. The van der Waals surface area contributed by atoms with E-state index in [1.54, 1.807) is 0 Å². The van der Waals surface area contributed by atoms with Gasteiger partial charge < -0.3 is 0 Å². The summed E-state index contributed by atoms with van der Waals surface area (Å²) in [5, 5.41) is 7.42. The molecule has 16 aromatic carbocycles. The first-order valence-corrected chi connectivity index (χ1v) is 41.2. The van der Waals surface area contributed by atoms with E-state index < -0.39 is 0 Å². The molecule has 0 radical (unpaired) electrons. The molecule has 0 aliphatic rings. The summed E-state index contributed by atoms with van der Waals surface area (Å²) >= 11 is 3.64. The molecule has 0 amide bonds. The largest absolute Gasteiger partial charge is 0.246 e. The van der Waals surface area contributed by atoms with E-state index in [9.17, 15) is 0 Å². The van der Waals surface area contributed by atoms with Gasteiger partial charge in [-0.05, 0) is 110 Å². The van der Waals surface area contributed by atoms with Crippen molar-refractivity contribution >= 4 is 84.8 Å².